The first-order chi connectivity index (χ1) is 7.49. The molecule has 5 heteroatoms. The number of nitrogens with two attached hydrogens (primary N) is 1. The lowest BCUT2D eigenvalue weighted by Gasteiger charge is -2.27. The van der Waals surface area contributed by atoms with Crippen molar-refractivity contribution in [2.24, 2.45) is 5.73 Å². The second-order valence-electron chi connectivity index (χ2n) is 3.69. The van der Waals surface area contributed by atoms with Crippen molar-refractivity contribution in [2.45, 2.75) is 13.0 Å². The molecule has 0 aromatic heterocycles. The van der Waals surface area contributed by atoms with Gasteiger partial charge in [0.1, 0.15) is 5.84 Å². The molecular formula is C11H16ClN3O. The van der Waals surface area contributed by atoms with Crippen molar-refractivity contribution in [1.82, 2.24) is 0 Å². The Kier molecular flexibility index (Phi) is 4.15. The van der Waals surface area contributed by atoms with Gasteiger partial charge in [-0.05, 0) is 19.1 Å². The lowest BCUT2D eigenvalue weighted by molar-refractivity contribution is 0.270. The zero-order chi connectivity index (χ0) is 12.3. The highest BCUT2D eigenvalue weighted by Crippen LogP contribution is 2.27. The number of benzene rings is 1. The molecule has 4 N–H and O–H groups in total. The zero-order valence-electron chi connectivity index (χ0n) is 9.37. The number of nitrogens with zero attached hydrogens (tertiary/aromatic N) is 1. The average molecular weight is 242 g/mol. The minimum atomic E-state index is -0.0717. The third-order valence-electron chi connectivity index (χ3n) is 2.57. The molecule has 1 aromatic rings. The first-order valence-corrected chi connectivity index (χ1v) is 5.33. The number of nitrogens with one attached hydrogen (secondary N) is 1. The number of hydrogen-bond donors (Lipinski definition) is 3. The third kappa shape index (κ3) is 2.46. The van der Waals surface area contributed by atoms with Crippen molar-refractivity contribution >= 4 is 23.1 Å². The van der Waals surface area contributed by atoms with Gasteiger partial charge in [-0.25, -0.2) is 0 Å². The van der Waals surface area contributed by atoms with Gasteiger partial charge in [-0.1, -0.05) is 17.7 Å². The summed E-state index contributed by atoms with van der Waals surface area (Å²) in [4.78, 5) is 1.85. The fourth-order valence-electron chi connectivity index (χ4n) is 1.43. The van der Waals surface area contributed by atoms with Gasteiger partial charge in [0.15, 0.2) is 0 Å². The molecule has 0 radical (unpaired) electrons. The van der Waals surface area contributed by atoms with Crippen LogP contribution in [0.2, 0.25) is 5.02 Å². The molecule has 0 heterocycles. The average Bonchev–Trinajstić information content (AvgIpc) is 2.26. The molecule has 16 heavy (non-hydrogen) atoms. The summed E-state index contributed by atoms with van der Waals surface area (Å²) in [6.45, 7) is 1.91. The standard InChI is InChI=1S/C11H16ClN3O/c1-7(6-16)15(2)9-5-3-4-8(12)10(9)11(13)14/h3-5,7,16H,6H2,1-2H3,(H3,13,14). The fourth-order valence-corrected chi connectivity index (χ4v) is 1.70. The summed E-state index contributed by atoms with van der Waals surface area (Å²) in [5.41, 5.74) is 6.76. The zero-order valence-corrected chi connectivity index (χ0v) is 10.1. The van der Waals surface area contributed by atoms with E-state index in [0.29, 0.717) is 10.6 Å². The van der Waals surface area contributed by atoms with Crippen LogP contribution < -0.4 is 10.6 Å². The SMILES string of the molecule is CC(CO)N(C)c1cccc(Cl)c1C(=N)N. The molecule has 1 unspecified atom stereocenters. The minimum Gasteiger partial charge on any atom is -0.394 e. The van der Waals surface area contributed by atoms with E-state index in [9.17, 15) is 0 Å². The van der Waals surface area contributed by atoms with Gasteiger partial charge in [-0.3, -0.25) is 5.41 Å². The number of rotatable bonds is 4. The Labute approximate surface area is 100 Å². The molecule has 0 aliphatic rings. The van der Waals surface area contributed by atoms with Crippen LogP contribution in [0.25, 0.3) is 0 Å². The van der Waals surface area contributed by atoms with E-state index < -0.39 is 0 Å². The molecule has 4 nitrogen and oxygen atoms in total. The van der Waals surface area contributed by atoms with Crippen molar-refractivity contribution in [3.8, 4) is 0 Å². The van der Waals surface area contributed by atoms with Crippen molar-refractivity contribution in [3.05, 3.63) is 28.8 Å². The minimum absolute atomic E-state index is 0.0281. The summed E-state index contributed by atoms with van der Waals surface area (Å²) >= 11 is 6.01. The van der Waals surface area contributed by atoms with Crippen LogP contribution in [-0.2, 0) is 0 Å². The normalized spacial score (nSPS) is 12.2. The predicted molar refractivity (Wildman–Crippen MR) is 67.4 cm³/mol. The van der Waals surface area contributed by atoms with E-state index in [1.807, 2.05) is 24.9 Å². The van der Waals surface area contributed by atoms with Gasteiger partial charge in [0.25, 0.3) is 0 Å². The molecule has 0 fully saturated rings. The predicted octanol–water partition coefficient (Wildman–Crippen LogP) is 1.44. The van der Waals surface area contributed by atoms with E-state index in [4.69, 9.17) is 27.9 Å². The molecule has 0 bridgehead atoms. The number of halogens is 1. The largest absolute Gasteiger partial charge is 0.394 e. The van der Waals surface area contributed by atoms with Crippen LogP contribution >= 0.6 is 11.6 Å². The van der Waals surface area contributed by atoms with Gasteiger partial charge >= 0.3 is 0 Å². The van der Waals surface area contributed by atoms with Crippen LogP contribution in [-0.4, -0.2) is 30.6 Å². The monoisotopic (exact) mass is 241 g/mol. The van der Waals surface area contributed by atoms with E-state index in [-0.39, 0.29) is 18.5 Å². The van der Waals surface area contributed by atoms with Crippen LogP contribution in [0, 0.1) is 5.41 Å². The molecule has 1 atom stereocenters. The molecule has 0 spiro atoms. The van der Waals surface area contributed by atoms with Gasteiger partial charge in [0.05, 0.1) is 17.2 Å². The molecule has 0 aliphatic heterocycles. The Morgan fingerprint density at radius 2 is 2.25 bits per heavy atom. The van der Waals surface area contributed by atoms with E-state index in [1.54, 1.807) is 12.1 Å². The van der Waals surface area contributed by atoms with E-state index in [2.05, 4.69) is 0 Å². The maximum Gasteiger partial charge on any atom is 0.126 e. The molecule has 0 saturated carbocycles. The van der Waals surface area contributed by atoms with Gasteiger partial charge in [-0.15, -0.1) is 0 Å². The van der Waals surface area contributed by atoms with Gasteiger partial charge < -0.3 is 15.7 Å². The van der Waals surface area contributed by atoms with Crippen LogP contribution in [0.15, 0.2) is 18.2 Å². The maximum absolute atomic E-state index is 9.11. The lowest BCUT2D eigenvalue weighted by atomic mass is 10.1. The molecule has 0 aliphatic carbocycles. The van der Waals surface area contributed by atoms with Crippen molar-refractivity contribution in [2.75, 3.05) is 18.6 Å². The Morgan fingerprint density at radius 3 is 2.75 bits per heavy atom. The summed E-state index contributed by atoms with van der Waals surface area (Å²) in [5, 5.41) is 17.1. The topological polar surface area (TPSA) is 73.3 Å². The molecular weight excluding hydrogens is 226 g/mol. The Hall–Kier alpha value is -1.26. The van der Waals surface area contributed by atoms with Crippen molar-refractivity contribution in [3.63, 3.8) is 0 Å². The highest BCUT2D eigenvalue weighted by atomic mass is 35.5. The van der Waals surface area contributed by atoms with Gasteiger partial charge in [0.2, 0.25) is 0 Å². The second kappa shape index (κ2) is 5.18. The summed E-state index contributed by atoms with van der Waals surface area (Å²) in [7, 11) is 1.83. The Morgan fingerprint density at radius 1 is 1.62 bits per heavy atom. The van der Waals surface area contributed by atoms with Crippen molar-refractivity contribution < 1.29 is 5.11 Å². The van der Waals surface area contributed by atoms with E-state index in [1.165, 1.54) is 0 Å². The van der Waals surface area contributed by atoms with E-state index in [0.717, 1.165) is 5.69 Å². The quantitative estimate of drug-likeness (QED) is 0.552. The molecule has 1 rings (SSSR count). The van der Waals surface area contributed by atoms with Crippen LogP contribution in [0.4, 0.5) is 5.69 Å². The summed E-state index contributed by atoms with van der Waals surface area (Å²) in [6.07, 6.45) is 0. The molecule has 0 saturated heterocycles. The maximum atomic E-state index is 9.11. The molecule has 88 valence electrons. The number of amidine groups is 1. The fraction of sp³-hybridized carbons (Fsp3) is 0.364. The van der Waals surface area contributed by atoms with Gasteiger partial charge in [-0.2, -0.15) is 0 Å². The second-order valence-corrected chi connectivity index (χ2v) is 4.10. The summed E-state index contributed by atoms with van der Waals surface area (Å²) in [5.74, 6) is -0.0717. The summed E-state index contributed by atoms with van der Waals surface area (Å²) < 4.78 is 0. The highest BCUT2D eigenvalue weighted by molar-refractivity contribution is 6.34. The van der Waals surface area contributed by atoms with E-state index >= 15 is 0 Å². The molecule has 0 amide bonds. The smallest absolute Gasteiger partial charge is 0.126 e. The van der Waals surface area contributed by atoms with Crippen LogP contribution in [0.1, 0.15) is 12.5 Å². The number of likely N-dealkylation sites (N-methyl/N-ethyl adjacent to an activating group) is 1. The molecule has 1 aromatic carbocycles. The lowest BCUT2D eigenvalue weighted by Crippen LogP contribution is -2.33. The Bertz CT molecular complexity index is 395. The van der Waals surface area contributed by atoms with Crippen LogP contribution in [0.3, 0.4) is 0 Å². The Balaban J connectivity index is 3.22. The number of nitrogen functional groups attached to an aromatic ring is 1. The number of hydrogen-bond acceptors (Lipinski definition) is 3. The van der Waals surface area contributed by atoms with Crippen molar-refractivity contribution in [1.29, 1.82) is 5.41 Å². The third-order valence-corrected chi connectivity index (χ3v) is 2.88. The number of anilines is 1. The first-order valence-electron chi connectivity index (χ1n) is 4.95. The van der Waals surface area contributed by atoms with Gasteiger partial charge in [0, 0.05) is 18.8 Å². The number of aliphatic hydroxyl groups is 1. The number of aliphatic hydroxyl groups excluding tert-OH is 1. The van der Waals surface area contributed by atoms with Crippen LogP contribution in [0.5, 0.6) is 0 Å². The highest BCUT2D eigenvalue weighted by Gasteiger charge is 2.16. The summed E-state index contributed by atoms with van der Waals surface area (Å²) in [6, 6.07) is 5.26. The first kappa shape index (κ1) is 12.8.